The Morgan fingerprint density at radius 2 is 1.74 bits per heavy atom. The molecular weight excluding hydrogens is 345 g/mol. The standard InChI is InChI=1S/C22H22FNO3/c1-14(2)12-18(25)19-20(16-10-6-7-11-17(16)23)24(22(27)21(19)26)13-15-8-4-3-5-9-15/h3-11,14,20,26H,12-13H2,1-2H3/t20-/m0/s1. The molecule has 0 aromatic heterocycles. The molecule has 0 unspecified atom stereocenters. The number of ketones is 1. The van der Waals surface area contributed by atoms with Gasteiger partial charge in [-0.1, -0.05) is 62.4 Å². The van der Waals surface area contributed by atoms with Crippen LogP contribution in [0.2, 0.25) is 0 Å². The van der Waals surface area contributed by atoms with Crippen LogP contribution in [0, 0.1) is 11.7 Å². The van der Waals surface area contributed by atoms with Gasteiger partial charge in [-0.3, -0.25) is 9.59 Å². The molecule has 1 N–H and O–H groups in total. The van der Waals surface area contributed by atoms with E-state index in [4.69, 9.17) is 0 Å². The molecule has 3 rings (SSSR count). The number of hydrogen-bond acceptors (Lipinski definition) is 3. The first-order chi connectivity index (χ1) is 12.9. The monoisotopic (exact) mass is 367 g/mol. The first-order valence-electron chi connectivity index (χ1n) is 8.95. The van der Waals surface area contributed by atoms with Crippen molar-refractivity contribution >= 4 is 11.7 Å². The normalized spacial score (nSPS) is 17.1. The summed E-state index contributed by atoms with van der Waals surface area (Å²) in [5.41, 5.74) is 1.02. The first-order valence-corrected chi connectivity index (χ1v) is 8.95. The van der Waals surface area contributed by atoms with E-state index >= 15 is 0 Å². The first kappa shape index (κ1) is 18.8. The van der Waals surface area contributed by atoms with Crippen LogP contribution in [0.1, 0.15) is 37.4 Å². The van der Waals surface area contributed by atoms with Crippen LogP contribution in [0.3, 0.4) is 0 Å². The number of carbonyl (C=O) groups excluding carboxylic acids is 2. The number of carbonyl (C=O) groups is 2. The van der Waals surface area contributed by atoms with Gasteiger partial charge in [-0.05, 0) is 17.5 Å². The summed E-state index contributed by atoms with van der Waals surface area (Å²) in [4.78, 5) is 26.9. The lowest BCUT2D eigenvalue weighted by atomic mass is 9.92. The van der Waals surface area contributed by atoms with Gasteiger partial charge >= 0.3 is 0 Å². The van der Waals surface area contributed by atoms with Crippen LogP contribution in [0.4, 0.5) is 4.39 Å². The third-order valence-electron chi connectivity index (χ3n) is 4.59. The molecular formula is C22H22FNO3. The van der Waals surface area contributed by atoms with E-state index in [1.165, 1.54) is 11.0 Å². The Kier molecular flexibility index (Phi) is 5.40. The molecule has 0 bridgehead atoms. The van der Waals surface area contributed by atoms with Crippen LogP contribution < -0.4 is 0 Å². The lowest BCUT2D eigenvalue weighted by molar-refractivity contribution is -0.130. The van der Waals surface area contributed by atoms with E-state index in [9.17, 15) is 19.1 Å². The van der Waals surface area contributed by atoms with Gasteiger partial charge in [0.2, 0.25) is 0 Å². The average Bonchev–Trinajstić information content (AvgIpc) is 2.87. The molecule has 1 heterocycles. The van der Waals surface area contributed by atoms with E-state index in [0.29, 0.717) is 0 Å². The Balaban J connectivity index is 2.07. The number of hydrogen-bond donors (Lipinski definition) is 1. The smallest absolute Gasteiger partial charge is 0.290 e. The van der Waals surface area contributed by atoms with E-state index in [1.807, 2.05) is 44.2 Å². The minimum atomic E-state index is -0.940. The molecule has 5 heteroatoms. The fourth-order valence-corrected chi connectivity index (χ4v) is 3.38. The Hall–Kier alpha value is -2.95. The third-order valence-corrected chi connectivity index (χ3v) is 4.59. The predicted octanol–water partition coefficient (Wildman–Crippen LogP) is 4.34. The van der Waals surface area contributed by atoms with E-state index in [0.717, 1.165) is 5.56 Å². The minimum Gasteiger partial charge on any atom is -0.503 e. The van der Waals surface area contributed by atoms with Gasteiger partial charge in [0, 0.05) is 18.5 Å². The molecule has 4 nitrogen and oxygen atoms in total. The quantitative estimate of drug-likeness (QED) is 0.826. The van der Waals surface area contributed by atoms with E-state index in [1.54, 1.807) is 18.2 Å². The number of aliphatic hydroxyl groups is 1. The lowest BCUT2D eigenvalue weighted by Gasteiger charge is -2.27. The van der Waals surface area contributed by atoms with Gasteiger partial charge in [0.15, 0.2) is 11.5 Å². The summed E-state index contributed by atoms with van der Waals surface area (Å²) < 4.78 is 14.6. The summed E-state index contributed by atoms with van der Waals surface area (Å²) in [5.74, 6) is -2.03. The number of benzene rings is 2. The number of halogens is 1. The highest BCUT2D eigenvalue weighted by Crippen LogP contribution is 2.40. The number of aliphatic hydroxyl groups excluding tert-OH is 1. The minimum absolute atomic E-state index is 0.0188. The Morgan fingerprint density at radius 1 is 1.11 bits per heavy atom. The van der Waals surface area contributed by atoms with Crippen LogP contribution in [0.5, 0.6) is 0 Å². The molecule has 0 saturated carbocycles. The topological polar surface area (TPSA) is 57.6 Å². The van der Waals surface area contributed by atoms with Crippen molar-refractivity contribution in [3.63, 3.8) is 0 Å². The van der Waals surface area contributed by atoms with Crippen LogP contribution in [0.25, 0.3) is 0 Å². The second-order valence-electron chi connectivity index (χ2n) is 7.13. The SMILES string of the molecule is CC(C)CC(=O)C1=C(O)C(=O)N(Cc2ccccc2)[C@H]1c1ccccc1F. The predicted molar refractivity (Wildman–Crippen MR) is 100 cm³/mol. The summed E-state index contributed by atoms with van der Waals surface area (Å²) in [6.07, 6.45) is 0.177. The molecule has 2 aromatic carbocycles. The van der Waals surface area contributed by atoms with Gasteiger partial charge in [-0.2, -0.15) is 0 Å². The molecule has 0 spiro atoms. The summed E-state index contributed by atoms with van der Waals surface area (Å²) in [7, 11) is 0. The Morgan fingerprint density at radius 3 is 2.37 bits per heavy atom. The molecule has 0 saturated heterocycles. The van der Waals surface area contributed by atoms with E-state index in [2.05, 4.69) is 0 Å². The van der Waals surface area contributed by atoms with Gasteiger partial charge in [0.1, 0.15) is 5.82 Å². The van der Waals surface area contributed by atoms with Gasteiger partial charge in [0.25, 0.3) is 5.91 Å². The van der Waals surface area contributed by atoms with Crippen LogP contribution in [-0.4, -0.2) is 21.7 Å². The molecule has 1 aliphatic rings. The Bertz CT molecular complexity index is 889. The van der Waals surface area contributed by atoms with Crippen molar-refractivity contribution in [1.82, 2.24) is 4.90 Å². The highest BCUT2D eigenvalue weighted by Gasteiger charge is 2.44. The second kappa shape index (κ2) is 7.74. The largest absolute Gasteiger partial charge is 0.503 e. The number of rotatable bonds is 6. The molecule has 2 aromatic rings. The van der Waals surface area contributed by atoms with E-state index < -0.39 is 23.5 Å². The van der Waals surface area contributed by atoms with Gasteiger partial charge < -0.3 is 10.0 Å². The fraction of sp³-hybridized carbons (Fsp3) is 0.273. The molecule has 0 fully saturated rings. The van der Waals surface area contributed by atoms with E-state index in [-0.39, 0.29) is 35.8 Å². The van der Waals surface area contributed by atoms with Crippen LogP contribution in [0.15, 0.2) is 65.9 Å². The molecule has 1 amide bonds. The van der Waals surface area contributed by atoms with Crippen molar-refractivity contribution in [2.75, 3.05) is 0 Å². The summed E-state index contributed by atoms with van der Waals surface area (Å²) in [5, 5.41) is 10.5. The summed E-state index contributed by atoms with van der Waals surface area (Å²) in [6.45, 7) is 3.93. The maximum Gasteiger partial charge on any atom is 0.290 e. The molecule has 140 valence electrons. The molecule has 27 heavy (non-hydrogen) atoms. The number of Topliss-reactive ketones (excluding diaryl/α,β-unsaturated/α-hetero) is 1. The maximum atomic E-state index is 14.6. The summed E-state index contributed by atoms with van der Waals surface area (Å²) in [6, 6.07) is 14.3. The Labute approximate surface area is 157 Å². The van der Waals surface area contributed by atoms with Gasteiger partial charge in [0.05, 0.1) is 11.6 Å². The molecule has 1 aliphatic heterocycles. The molecule has 0 radical (unpaired) electrons. The zero-order valence-corrected chi connectivity index (χ0v) is 15.4. The number of nitrogens with zero attached hydrogens (tertiary/aromatic N) is 1. The maximum absolute atomic E-state index is 14.6. The van der Waals surface area contributed by atoms with Crippen molar-refractivity contribution < 1.29 is 19.1 Å². The van der Waals surface area contributed by atoms with Gasteiger partial charge in [-0.25, -0.2) is 4.39 Å². The van der Waals surface area contributed by atoms with Crippen molar-refractivity contribution in [3.05, 3.63) is 82.9 Å². The number of amides is 1. The fourth-order valence-electron chi connectivity index (χ4n) is 3.38. The molecule has 0 aliphatic carbocycles. The highest BCUT2D eigenvalue weighted by molar-refractivity contribution is 6.09. The van der Waals surface area contributed by atoms with Crippen LogP contribution >= 0.6 is 0 Å². The van der Waals surface area contributed by atoms with Crippen molar-refractivity contribution in [2.45, 2.75) is 32.9 Å². The van der Waals surface area contributed by atoms with Gasteiger partial charge in [-0.15, -0.1) is 0 Å². The molecule has 1 atom stereocenters. The third kappa shape index (κ3) is 3.77. The van der Waals surface area contributed by atoms with Crippen molar-refractivity contribution in [3.8, 4) is 0 Å². The van der Waals surface area contributed by atoms with Crippen molar-refractivity contribution in [1.29, 1.82) is 0 Å². The highest BCUT2D eigenvalue weighted by atomic mass is 19.1. The summed E-state index contributed by atoms with van der Waals surface area (Å²) >= 11 is 0. The second-order valence-corrected chi connectivity index (χ2v) is 7.13. The average molecular weight is 367 g/mol. The van der Waals surface area contributed by atoms with Crippen molar-refractivity contribution in [2.24, 2.45) is 5.92 Å². The zero-order chi connectivity index (χ0) is 19.6. The zero-order valence-electron chi connectivity index (χ0n) is 15.4. The van der Waals surface area contributed by atoms with Crippen LogP contribution in [-0.2, 0) is 16.1 Å². The lowest BCUT2D eigenvalue weighted by Crippen LogP contribution is -2.31.